The van der Waals surface area contributed by atoms with E-state index in [9.17, 15) is 4.79 Å². The topological polar surface area (TPSA) is 64.1 Å². The Labute approximate surface area is 101 Å². The SMILES string of the molecule is O=C(CCOC1CCNCC1)c1cncnc1. The summed E-state index contributed by atoms with van der Waals surface area (Å²) < 4.78 is 5.67. The second-order valence-corrected chi connectivity index (χ2v) is 4.12. The molecular weight excluding hydrogens is 218 g/mol. The Bertz CT molecular complexity index is 350. The van der Waals surface area contributed by atoms with Crippen molar-refractivity contribution in [3.8, 4) is 0 Å². The Hall–Kier alpha value is -1.33. The summed E-state index contributed by atoms with van der Waals surface area (Å²) in [5.74, 6) is 0.0412. The van der Waals surface area contributed by atoms with Crippen molar-refractivity contribution in [1.82, 2.24) is 15.3 Å². The number of ether oxygens (including phenoxy) is 1. The third-order valence-electron chi connectivity index (χ3n) is 2.85. The zero-order chi connectivity index (χ0) is 11.9. The van der Waals surface area contributed by atoms with Crippen LogP contribution in [-0.2, 0) is 4.74 Å². The van der Waals surface area contributed by atoms with Gasteiger partial charge in [0.25, 0.3) is 0 Å². The van der Waals surface area contributed by atoms with E-state index in [1.54, 1.807) is 12.4 Å². The van der Waals surface area contributed by atoms with Crippen LogP contribution in [0, 0.1) is 0 Å². The normalized spacial score (nSPS) is 16.9. The molecular formula is C12H17N3O2. The molecule has 0 aliphatic carbocycles. The minimum Gasteiger partial charge on any atom is -0.378 e. The lowest BCUT2D eigenvalue weighted by atomic mass is 10.1. The predicted octanol–water partition coefficient (Wildman–Crippen LogP) is 0.818. The van der Waals surface area contributed by atoms with Crippen molar-refractivity contribution in [2.24, 2.45) is 0 Å². The number of carbonyl (C=O) groups is 1. The van der Waals surface area contributed by atoms with Crippen LogP contribution in [0.5, 0.6) is 0 Å². The van der Waals surface area contributed by atoms with Crippen LogP contribution in [0.3, 0.4) is 0 Å². The second-order valence-electron chi connectivity index (χ2n) is 4.12. The molecule has 1 N–H and O–H groups in total. The third-order valence-corrected chi connectivity index (χ3v) is 2.85. The summed E-state index contributed by atoms with van der Waals surface area (Å²) in [6.45, 7) is 2.49. The molecule has 5 heteroatoms. The van der Waals surface area contributed by atoms with Gasteiger partial charge in [-0.1, -0.05) is 0 Å². The third kappa shape index (κ3) is 3.87. The van der Waals surface area contributed by atoms with Gasteiger partial charge in [-0.3, -0.25) is 4.79 Å². The smallest absolute Gasteiger partial charge is 0.168 e. The number of carbonyl (C=O) groups excluding carboxylic acids is 1. The fourth-order valence-corrected chi connectivity index (χ4v) is 1.87. The molecule has 1 aromatic rings. The first-order valence-electron chi connectivity index (χ1n) is 5.97. The average Bonchev–Trinajstić information content (AvgIpc) is 2.41. The van der Waals surface area contributed by atoms with Gasteiger partial charge >= 0.3 is 0 Å². The largest absolute Gasteiger partial charge is 0.378 e. The van der Waals surface area contributed by atoms with Gasteiger partial charge in [-0.15, -0.1) is 0 Å². The number of aromatic nitrogens is 2. The Morgan fingerprint density at radius 1 is 1.35 bits per heavy atom. The van der Waals surface area contributed by atoms with Gasteiger partial charge in [0, 0.05) is 18.8 Å². The van der Waals surface area contributed by atoms with Crippen molar-refractivity contribution in [3.63, 3.8) is 0 Å². The Kier molecular flexibility index (Phi) is 4.58. The van der Waals surface area contributed by atoms with E-state index in [0.29, 0.717) is 24.7 Å². The van der Waals surface area contributed by atoms with E-state index < -0.39 is 0 Å². The molecule has 0 bridgehead atoms. The van der Waals surface area contributed by atoms with Gasteiger partial charge in [0.1, 0.15) is 6.33 Å². The molecule has 0 unspecified atom stereocenters. The highest BCUT2D eigenvalue weighted by atomic mass is 16.5. The zero-order valence-corrected chi connectivity index (χ0v) is 9.76. The highest BCUT2D eigenvalue weighted by Gasteiger charge is 2.14. The summed E-state index contributed by atoms with van der Waals surface area (Å²) in [4.78, 5) is 19.4. The molecule has 1 fully saturated rings. The quantitative estimate of drug-likeness (QED) is 0.765. The van der Waals surface area contributed by atoms with E-state index in [-0.39, 0.29) is 5.78 Å². The summed E-state index contributed by atoms with van der Waals surface area (Å²) in [6.07, 6.45) is 7.26. The molecule has 1 aliphatic rings. The first-order valence-corrected chi connectivity index (χ1v) is 5.97. The van der Waals surface area contributed by atoms with E-state index in [0.717, 1.165) is 25.9 Å². The van der Waals surface area contributed by atoms with Gasteiger partial charge in [0.2, 0.25) is 0 Å². The molecule has 2 heterocycles. The lowest BCUT2D eigenvalue weighted by Crippen LogP contribution is -2.32. The molecule has 1 aliphatic heterocycles. The first kappa shape index (κ1) is 12.1. The van der Waals surface area contributed by atoms with Crippen molar-refractivity contribution in [1.29, 1.82) is 0 Å². The molecule has 1 aromatic heterocycles. The van der Waals surface area contributed by atoms with Crippen molar-refractivity contribution in [2.45, 2.75) is 25.4 Å². The summed E-state index contributed by atoms with van der Waals surface area (Å²) in [5.41, 5.74) is 0.557. The maximum Gasteiger partial charge on any atom is 0.168 e. The molecule has 17 heavy (non-hydrogen) atoms. The van der Waals surface area contributed by atoms with Crippen LogP contribution in [0.2, 0.25) is 0 Å². The molecule has 0 amide bonds. The molecule has 5 nitrogen and oxygen atoms in total. The second kappa shape index (κ2) is 6.42. The molecule has 0 saturated carbocycles. The number of nitrogens with one attached hydrogen (secondary N) is 1. The number of hydrogen-bond donors (Lipinski definition) is 1. The van der Waals surface area contributed by atoms with E-state index in [1.165, 1.54) is 6.33 Å². The fraction of sp³-hybridized carbons (Fsp3) is 0.583. The molecule has 0 atom stereocenters. The van der Waals surface area contributed by atoms with Crippen LogP contribution in [0.4, 0.5) is 0 Å². The molecule has 0 aromatic carbocycles. The minimum absolute atomic E-state index is 0.0412. The summed E-state index contributed by atoms with van der Waals surface area (Å²) >= 11 is 0. The van der Waals surface area contributed by atoms with E-state index >= 15 is 0 Å². The standard InChI is InChI=1S/C12H17N3O2/c16-12(10-7-14-9-15-8-10)3-6-17-11-1-4-13-5-2-11/h7-9,11,13H,1-6H2. The first-order chi connectivity index (χ1) is 8.36. The van der Waals surface area contributed by atoms with E-state index in [4.69, 9.17) is 4.74 Å². The maximum atomic E-state index is 11.7. The zero-order valence-electron chi connectivity index (χ0n) is 9.76. The molecule has 2 rings (SSSR count). The number of hydrogen-bond acceptors (Lipinski definition) is 5. The number of nitrogens with zero attached hydrogens (tertiary/aromatic N) is 2. The van der Waals surface area contributed by atoms with Gasteiger partial charge in [0.05, 0.1) is 18.3 Å². The Morgan fingerprint density at radius 3 is 2.76 bits per heavy atom. The van der Waals surface area contributed by atoms with Crippen LogP contribution < -0.4 is 5.32 Å². The summed E-state index contributed by atoms with van der Waals surface area (Å²) in [7, 11) is 0. The van der Waals surface area contributed by atoms with Crippen LogP contribution in [0.15, 0.2) is 18.7 Å². The lowest BCUT2D eigenvalue weighted by molar-refractivity contribution is 0.0313. The van der Waals surface area contributed by atoms with Gasteiger partial charge in [0.15, 0.2) is 5.78 Å². The highest BCUT2D eigenvalue weighted by molar-refractivity contribution is 5.95. The summed E-state index contributed by atoms with van der Waals surface area (Å²) in [5, 5.41) is 3.28. The molecule has 92 valence electrons. The van der Waals surface area contributed by atoms with Crippen molar-refractivity contribution >= 4 is 5.78 Å². The number of rotatable bonds is 5. The molecule has 0 spiro atoms. The van der Waals surface area contributed by atoms with Crippen LogP contribution >= 0.6 is 0 Å². The van der Waals surface area contributed by atoms with Crippen LogP contribution in [0.25, 0.3) is 0 Å². The number of Topliss-reactive ketones (excluding diaryl/α,β-unsaturated/α-hetero) is 1. The number of ketones is 1. The van der Waals surface area contributed by atoms with Crippen molar-refractivity contribution in [2.75, 3.05) is 19.7 Å². The number of piperidine rings is 1. The van der Waals surface area contributed by atoms with Gasteiger partial charge in [-0.2, -0.15) is 0 Å². The fourth-order valence-electron chi connectivity index (χ4n) is 1.87. The average molecular weight is 235 g/mol. The lowest BCUT2D eigenvalue weighted by Gasteiger charge is -2.22. The molecule has 0 radical (unpaired) electrons. The monoisotopic (exact) mass is 235 g/mol. The molecule has 1 saturated heterocycles. The van der Waals surface area contributed by atoms with Crippen LogP contribution in [-0.4, -0.2) is 41.6 Å². The van der Waals surface area contributed by atoms with Gasteiger partial charge in [-0.05, 0) is 25.9 Å². The van der Waals surface area contributed by atoms with Crippen molar-refractivity contribution in [3.05, 3.63) is 24.3 Å². The Morgan fingerprint density at radius 2 is 2.06 bits per heavy atom. The highest BCUT2D eigenvalue weighted by Crippen LogP contribution is 2.08. The van der Waals surface area contributed by atoms with Gasteiger partial charge in [-0.25, -0.2) is 9.97 Å². The maximum absolute atomic E-state index is 11.7. The predicted molar refractivity (Wildman–Crippen MR) is 62.8 cm³/mol. The summed E-state index contributed by atoms with van der Waals surface area (Å²) in [6, 6.07) is 0. The van der Waals surface area contributed by atoms with Crippen LogP contribution in [0.1, 0.15) is 29.6 Å². The van der Waals surface area contributed by atoms with E-state index in [2.05, 4.69) is 15.3 Å². The Balaban J connectivity index is 1.69. The minimum atomic E-state index is 0.0412. The van der Waals surface area contributed by atoms with Crippen molar-refractivity contribution < 1.29 is 9.53 Å². The van der Waals surface area contributed by atoms with E-state index in [1.807, 2.05) is 0 Å². The van der Waals surface area contributed by atoms with Gasteiger partial charge < -0.3 is 10.1 Å².